The van der Waals surface area contributed by atoms with Crippen LogP contribution in [0.1, 0.15) is 24.9 Å². The van der Waals surface area contributed by atoms with Gasteiger partial charge in [0, 0.05) is 11.6 Å². The van der Waals surface area contributed by atoms with Gasteiger partial charge < -0.3 is 19.0 Å². The number of carbonyl (C=O) groups is 1. The molecule has 32 heavy (non-hydrogen) atoms. The van der Waals surface area contributed by atoms with Gasteiger partial charge in [-0.3, -0.25) is 9.36 Å². The highest BCUT2D eigenvalue weighted by Gasteiger charge is 2.24. The Morgan fingerprint density at radius 1 is 1.25 bits per heavy atom. The molecule has 0 unspecified atom stereocenters. The lowest BCUT2D eigenvalue weighted by molar-refractivity contribution is -0.115. The first kappa shape index (κ1) is 21.7. The Balaban J connectivity index is 1.63. The van der Waals surface area contributed by atoms with E-state index in [4.69, 9.17) is 13.7 Å². The molecule has 0 saturated heterocycles. The van der Waals surface area contributed by atoms with Crippen LogP contribution in [-0.4, -0.2) is 38.2 Å². The van der Waals surface area contributed by atoms with Crippen LogP contribution in [0.25, 0.3) is 11.4 Å². The minimum atomic E-state index is -0.398. The SMILES string of the molecule is CC[C@@H](Sc1nnc(-c2cccc(OC)c2)n1Cc1ccco1)C(=O)Nc1cc(C)on1. The normalized spacial score (nSPS) is 12.0. The van der Waals surface area contributed by atoms with E-state index < -0.39 is 5.25 Å². The molecular weight excluding hydrogens is 430 g/mol. The van der Waals surface area contributed by atoms with Crippen molar-refractivity contribution in [1.82, 2.24) is 19.9 Å². The van der Waals surface area contributed by atoms with Crippen molar-refractivity contribution in [1.29, 1.82) is 0 Å². The summed E-state index contributed by atoms with van der Waals surface area (Å²) >= 11 is 1.34. The van der Waals surface area contributed by atoms with Gasteiger partial charge in [0.05, 0.1) is 25.2 Å². The number of nitrogens with one attached hydrogen (secondary N) is 1. The summed E-state index contributed by atoms with van der Waals surface area (Å²) < 4.78 is 17.9. The Labute approximate surface area is 189 Å². The smallest absolute Gasteiger partial charge is 0.239 e. The molecule has 9 nitrogen and oxygen atoms in total. The first-order chi connectivity index (χ1) is 15.6. The molecule has 1 amide bonds. The van der Waals surface area contributed by atoms with Gasteiger partial charge in [-0.1, -0.05) is 36.0 Å². The fourth-order valence-corrected chi connectivity index (χ4v) is 4.09. The van der Waals surface area contributed by atoms with Gasteiger partial charge in [-0.15, -0.1) is 10.2 Å². The Kier molecular flexibility index (Phi) is 6.60. The van der Waals surface area contributed by atoms with Crippen molar-refractivity contribution in [3.8, 4) is 17.1 Å². The molecule has 3 heterocycles. The lowest BCUT2D eigenvalue weighted by Gasteiger charge is -2.14. The number of furan rings is 1. The van der Waals surface area contributed by atoms with Crippen molar-refractivity contribution in [2.75, 3.05) is 12.4 Å². The number of nitrogens with zero attached hydrogens (tertiary/aromatic N) is 4. The number of thioether (sulfide) groups is 1. The molecule has 1 N–H and O–H groups in total. The number of hydrogen-bond acceptors (Lipinski definition) is 8. The van der Waals surface area contributed by atoms with Crippen LogP contribution in [0, 0.1) is 6.92 Å². The third kappa shape index (κ3) is 4.86. The minimum Gasteiger partial charge on any atom is -0.497 e. The molecule has 0 aliphatic heterocycles. The molecule has 0 bridgehead atoms. The summed E-state index contributed by atoms with van der Waals surface area (Å²) in [5, 5.41) is 15.6. The quantitative estimate of drug-likeness (QED) is 0.372. The second kappa shape index (κ2) is 9.73. The first-order valence-corrected chi connectivity index (χ1v) is 11.0. The molecule has 10 heteroatoms. The van der Waals surface area contributed by atoms with Crippen LogP contribution >= 0.6 is 11.8 Å². The zero-order valence-corrected chi connectivity index (χ0v) is 18.8. The van der Waals surface area contributed by atoms with Crippen molar-refractivity contribution in [2.24, 2.45) is 0 Å². The standard InChI is InChI=1S/C22H23N5O4S/c1-4-18(21(28)23-19-11-14(2)31-26-19)32-22-25-24-20(15-7-5-8-16(12-15)29-3)27(22)13-17-9-6-10-30-17/h5-12,18H,4,13H2,1-3H3,(H,23,26,28)/t18-/m1/s1. The molecular formula is C22H23N5O4S. The Bertz CT molecular complexity index is 1180. The number of aromatic nitrogens is 4. The molecule has 0 fully saturated rings. The van der Waals surface area contributed by atoms with Gasteiger partial charge in [-0.2, -0.15) is 0 Å². The van der Waals surface area contributed by atoms with Crippen molar-refractivity contribution in [3.63, 3.8) is 0 Å². The summed E-state index contributed by atoms with van der Waals surface area (Å²) in [6.07, 6.45) is 2.22. The van der Waals surface area contributed by atoms with Gasteiger partial charge in [-0.25, -0.2) is 0 Å². The number of aryl methyl sites for hydroxylation is 1. The molecule has 4 rings (SSSR count). The van der Waals surface area contributed by atoms with Crippen LogP contribution < -0.4 is 10.1 Å². The predicted molar refractivity (Wildman–Crippen MR) is 120 cm³/mol. The maximum absolute atomic E-state index is 12.8. The second-order valence-electron chi connectivity index (χ2n) is 7.03. The number of carbonyl (C=O) groups excluding carboxylic acids is 1. The topological polar surface area (TPSA) is 108 Å². The van der Waals surface area contributed by atoms with Gasteiger partial charge in [-0.05, 0) is 37.6 Å². The van der Waals surface area contributed by atoms with Crippen molar-refractivity contribution in [2.45, 2.75) is 37.2 Å². The molecule has 0 saturated carbocycles. The Morgan fingerprint density at radius 2 is 2.12 bits per heavy atom. The van der Waals surface area contributed by atoms with Crippen molar-refractivity contribution >= 4 is 23.5 Å². The zero-order chi connectivity index (χ0) is 22.5. The lowest BCUT2D eigenvalue weighted by Crippen LogP contribution is -2.25. The summed E-state index contributed by atoms with van der Waals surface area (Å²) in [6.45, 7) is 4.14. The van der Waals surface area contributed by atoms with E-state index in [1.165, 1.54) is 11.8 Å². The predicted octanol–water partition coefficient (Wildman–Crippen LogP) is 4.40. The largest absolute Gasteiger partial charge is 0.497 e. The van der Waals surface area contributed by atoms with Crippen LogP contribution in [0.4, 0.5) is 5.82 Å². The van der Waals surface area contributed by atoms with E-state index >= 15 is 0 Å². The van der Waals surface area contributed by atoms with E-state index in [0.717, 1.165) is 17.1 Å². The first-order valence-electron chi connectivity index (χ1n) is 10.1. The van der Waals surface area contributed by atoms with E-state index in [2.05, 4.69) is 20.7 Å². The molecule has 1 atom stereocenters. The van der Waals surface area contributed by atoms with Gasteiger partial charge >= 0.3 is 0 Å². The van der Waals surface area contributed by atoms with Gasteiger partial charge in [0.25, 0.3) is 0 Å². The highest BCUT2D eigenvalue weighted by Crippen LogP contribution is 2.31. The summed E-state index contributed by atoms with van der Waals surface area (Å²) in [7, 11) is 1.62. The molecule has 0 spiro atoms. The average molecular weight is 454 g/mol. The van der Waals surface area contributed by atoms with Crippen molar-refractivity contribution in [3.05, 3.63) is 60.2 Å². The highest BCUT2D eigenvalue weighted by molar-refractivity contribution is 8.00. The highest BCUT2D eigenvalue weighted by atomic mass is 32.2. The second-order valence-corrected chi connectivity index (χ2v) is 8.20. The fourth-order valence-electron chi connectivity index (χ4n) is 3.13. The number of anilines is 1. The third-order valence-corrected chi connectivity index (χ3v) is 6.07. The molecule has 0 aliphatic carbocycles. The van der Waals surface area contributed by atoms with Crippen molar-refractivity contribution < 1.29 is 18.5 Å². The number of ether oxygens (including phenoxy) is 1. The third-order valence-electron chi connectivity index (χ3n) is 4.73. The number of methoxy groups -OCH3 is 1. The summed E-state index contributed by atoms with van der Waals surface area (Å²) in [4.78, 5) is 12.8. The van der Waals surface area contributed by atoms with E-state index in [9.17, 15) is 4.79 Å². The molecule has 1 aromatic carbocycles. The molecule has 0 aliphatic rings. The van der Waals surface area contributed by atoms with Gasteiger partial charge in [0.1, 0.15) is 17.3 Å². The minimum absolute atomic E-state index is 0.179. The van der Waals surface area contributed by atoms with Crippen LogP contribution in [0.2, 0.25) is 0 Å². The Hall–Kier alpha value is -3.53. The maximum atomic E-state index is 12.8. The van der Waals surface area contributed by atoms with E-state index in [1.807, 2.05) is 47.9 Å². The molecule has 3 aromatic heterocycles. The summed E-state index contributed by atoms with van der Waals surface area (Å²) in [5.74, 6) is 2.97. The fraction of sp³-hybridized carbons (Fsp3) is 0.273. The van der Waals surface area contributed by atoms with E-state index in [-0.39, 0.29) is 5.91 Å². The number of benzene rings is 1. The maximum Gasteiger partial charge on any atom is 0.239 e. The van der Waals surface area contributed by atoms with Crippen LogP contribution in [0.3, 0.4) is 0 Å². The van der Waals surface area contributed by atoms with Crippen LogP contribution in [0.15, 0.2) is 62.8 Å². The number of hydrogen-bond donors (Lipinski definition) is 1. The molecule has 4 aromatic rings. The van der Waals surface area contributed by atoms with Crippen LogP contribution in [-0.2, 0) is 11.3 Å². The van der Waals surface area contributed by atoms with E-state index in [0.29, 0.717) is 35.5 Å². The number of amides is 1. The molecule has 166 valence electrons. The molecule has 0 radical (unpaired) electrons. The van der Waals surface area contributed by atoms with Gasteiger partial charge in [0.15, 0.2) is 16.8 Å². The zero-order valence-electron chi connectivity index (χ0n) is 17.9. The average Bonchev–Trinajstić information content (AvgIpc) is 3.55. The monoisotopic (exact) mass is 453 g/mol. The number of rotatable bonds is 9. The van der Waals surface area contributed by atoms with Gasteiger partial charge in [0.2, 0.25) is 5.91 Å². The van der Waals surface area contributed by atoms with E-state index in [1.54, 1.807) is 26.4 Å². The van der Waals surface area contributed by atoms with Crippen LogP contribution in [0.5, 0.6) is 5.75 Å². The Morgan fingerprint density at radius 3 is 2.81 bits per heavy atom. The summed E-state index contributed by atoms with van der Waals surface area (Å²) in [6, 6.07) is 13.0. The summed E-state index contributed by atoms with van der Waals surface area (Å²) in [5.41, 5.74) is 0.853. The lowest BCUT2D eigenvalue weighted by atomic mass is 10.2.